The number of carbonyl (C=O) groups excluding carboxylic acids is 1. The molecular formula is C18H28N2O3. The van der Waals surface area contributed by atoms with E-state index in [1.54, 1.807) is 7.11 Å². The van der Waals surface area contributed by atoms with Crippen LogP contribution in [0.25, 0.3) is 0 Å². The molecule has 1 aromatic carbocycles. The van der Waals surface area contributed by atoms with Gasteiger partial charge in [0.25, 0.3) is 0 Å². The molecule has 0 bridgehead atoms. The molecule has 1 unspecified atom stereocenters. The molecule has 5 heteroatoms. The highest BCUT2D eigenvalue weighted by Crippen LogP contribution is 2.28. The molecule has 1 saturated heterocycles. The Hall–Kier alpha value is -1.75. The largest absolute Gasteiger partial charge is 0.493 e. The Morgan fingerprint density at radius 2 is 2.22 bits per heavy atom. The molecule has 0 spiro atoms. The maximum atomic E-state index is 12.1. The Labute approximate surface area is 138 Å². The summed E-state index contributed by atoms with van der Waals surface area (Å²) in [5.41, 5.74) is 1.01. The molecule has 1 aliphatic rings. The first-order chi connectivity index (χ1) is 11.2. The van der Waals surface area contributed by atoms with E-state index in [1.165, 1.54) is 0 Å². The SMILES string of the molecule is CCCCOc1ccc(CNC(=O)C2CCCCN2)cc1OC. The van der Waals surface area contributed by atoms with Crippen molar-refractivity contribution < 1.29 is 14.3 Å². The smallest absolute Gasteiger partial charge is 0.237 e. The van der Waals surface area contributed by atoms with Crippen LogP contribution in [0.1, 0.15) is 44.6 Å². The van der Waals surface area contributed by atoms with Crippen molar-refractivity contribution >= 4 is 5.91 Å². The van der Waals surface area contributed by atoms with E-state index in [9.17, 15) is 4.79 Å². The van der Waals surface area contributed by atoms with Gasteiger partial charge in [0.1, 0.15) is 0 Å². The van der Waals surface area contributed by atoms with E-state index in [2.05, 4.69) is 17.6 Å². The van der Waals surface area contributed by atoms with Crippen molar-refractivity contribution in [2.24, 2.45) is 0 Å². The molecule has 128 valence electrons. The third-order valence-electron chi connectivity index (χ3n) is 4.08. The fourth-order valence-electron chi connectivity index (χ4n) is 2.66. The second-order valence-electron chi connectivity index (χ2n) is 5.91. The van der Waals surface area contributed by atoms with Crippen molar-refractivity contribution in [3.8, 4) is 11.5 Å². The summed E-state index contributed by atoms with van der Waals surface area (Å²) in [6.45, 7) is 4.25. The standard InChI is InChI=1S/C18H28N2O3/c1-3-4-11-23-16-9-8-14(12-17(16)22-2)13-20-18(21)15-7-5-6-10-19-15/h8-9,12,15,19H,3-7,10-11,13H2,1-2H3,(H,20,21). The van der Waals surface area contributed by atoms with E-state index in [0.29, 0.717) is 18.9 Å². The number of carbonyl (C=O) groups is 1. The van der Waals surface area contributed by atoms with Gasteiger partial charge in [0, 0.05) is 6.54 Å². The molecule has 1 aromatic rings. The van der Waals surface area contributed by atoms with Crippen LogP contribution >= 0.6 is 0 Å². The van der Waals surface area contributed by atoms with E-state index < -0.39 is 0 Å². The molecule has 5 nitrogen and oxygen atoms in total. The number of unbranched alkanes of at least 4 members (excludes halogenated alkanes) is 1. The predicted molar refractivity (Wildman–Crippen MR) is 90.9 cm³/mol. The molecule has 0 radical (unpaired) electrons. The lowest BCUT2D eigenvalue weighted by molar-refractivity contribution is -0.123. The molecule has 1 heterocycles. The second kappa shape index (κ2) is 9.40. The van der Waals surface area contributed by atoms with E-state index in [0.717, 1.165) is 50.0 Å². The lowest BCUT2D eigenvalue weighted by atomic mass is 10.0. The summed E-state index contributed by atoms with van der Waals surface area (Å²) in [4.78, 5) is 12.1. The van der Waals surface area contributed by atoms with Gasteiger partial charge in [-0.3, -0.25) is 4.79 Å². The zero-order valence-corrected chi connectivity index (χ0v) is 14.2. The average molecular weight is 320 g/mol. The van der Waals surface area contributed by atoms with Crippen molar-refractivity contribution in [3.05, 3.63) is 23.8 Å². The number of nitrogens with one attached hydrogen (secondary N) is 2. The zero-order chi connectivity index (χ0) is 16.5. The molecule has 2 rings (SSSR count). The maximum absolute atomic E-state index is 12.1. The van der Waals surface area contributed by atoms with Crippen LogP contribution in [0.15, 0.2) is 18.2 Å². The summed E-state index contributed by atoms with van der Waals surface area (Å²) >= 11 is 0. The van der Waals surface area contributed by atoms with Gasteiger partial charge in [0.15, 0.2) is 11.5 Å². The van der Waals surface area contributed by atoms with Crippen LogP contribution in [0.4, 0.5) is 0 Å². The van der Waals surface area contributed by atoms with Crippen LogP contribution in [-0.4, -0.2) is 32.2 Å². The number of benzene rings is 1. The van der Waals surface area contributed by atoms with Gasteiger partial charge in [0.05, 0.1) is 19.8 Å². The number of ether oxygens (including phenoxy) is 2. The molecule has 1 atom stereocenters. The van der Waals surface area contributed by atoms with Gasteiger partial charge >= 0.3 is 0 Å². The summed E-state index contributed by atoms with van der Waals surface area (Å²) in [7, 11) is 1.64. The lowest BCUT2D eigenvalue weighted by Gasteiger charge is -2.22. The topological polar surface area (TPSA) is 59.6 Å². The Balaban J connectivity index is 1.88. The number of rotatable bonds is 8. The third-order valence-corrected chi connectivity index (χ3v) is 4.08. The minimum atomic E-state index is -0.0534. The fraction of sp³-hybridized carbons (Fsp3) is 0.611. The highest BCUT2D eigenvalue weighted by molar-refractivity contribution is 5.81. The van der Waals surface area contributed by atoms with Crippen LogP contribution in [0.2, 0.25) is 0 Å². The van der Waals surface area contributed by atoms with Gasteiger partial charge in [-0.25, -0.2) is 0 Å². The number of amides is 1. The molecule has 1 amide bonds. The molecule has 0 saturated carbocycles. The second-order valence-corrected chi connectivity index (χ2v) is 5.91. The fourth-order valence-corrected chi connectivity index (χ4v) is 2.66. The van der Waals surface area contributed by atoms with E-state index >= 15 is 0 Å². The normalized spacial score (nSPS) is 17.6. The minimum absolute atomic E-state index is 0.0534. The lowest BCUT2D eigenvalue weighted by Crippen LogP contribution is -2.46. The average Bonchev–Trinajstić information content (AvgIpc) is 2.61. The van der Waals surface area contributed by atoms with E-state index in [1.807, 2.05) is 18.2 Å². The van der Waals surface area contributed by atoms with Crippen molar-refractivity contribution in [1.82, 2.24) is 10.6 Å². The summed E-state index contributed by atoms with van der Waals surface area (Å²) < 4.78 is 11.1. The Morgan fingerprint density at radius 3 is 2.91 bits per heavy atom. The Bertz CT molecular complexity index is 499. The van der Waals surface area contributed by atoms with Crippen LogP contribution in [0.3, 0.4) is 0 Å². The van der Waals surface area contributed by atoms with Crippen molar-refractivity contribution in [1.29, 1.82) is 0 Å². The molecule has 1 aliphatic heterocycles. The Kier molecular flexibility index (Phi) is 7.20. The third kappa shape index (κ3) is 5.43. The molecule has 0 aliphatic carbocycles. The molecule has 2 N–H and O–H groups in total. The zero-order valence-electron chi connectivity index (χ0n) is 14.2. The highest BCUT2D eigenvalue weighted by Gasteiger charge is 2.20. The van der Waals surface area contributed by atoms with Gasteiger partial charge in [-0.15, -0.1) is 0 Å². The Morgan fingerprint density at radius 1 is 1.35 bits per heavy atom. The van der Waals surface area contributed by atoms with Gasteiger partial charge in [0.2, 0.25) is 5.91 Å². The molecule has 1 fully saturated rings. The monoisotopic (exact) mass is 320 g/mol. The summed E-state index contributed by atoms with van der Waals surface area (Å²) in [5, 5.41) is 6.25. The number of piperidine rings is 1. The number of methoxy groups -OCH3 is 1. The van der Waals surface area contributed by atoms with E-state index in [-0.39, 0.29) is 11.9 Å². The predicted octanol–water partition coefficient (Wildman–Crippen LogP) is 2.63. The number of hydrogen-bond donors (Lipinski definition) is 2. The van der Waals surface area contributed by atoms with Crippen LogP contribution in [0.5, 0.6) is 11.5 Å². The van der Waals surface area contributed by atoms with Gasteiger partial charge in [-0.1, -0.05) is 25.8 Å². The van der Waals surface area contributed by atoms with Crippen LogP contribution in [-0.2, 0) is 11.3 Å². The van der Waals surface area contributed by atoms with Gasteiger partial charge in [-0.2, -0.15) is 0 Å². The summed E-state index contributed by atoms with van der Waals surface area (Å²) in [6, 6.07) is 5.76. The minimum Gasteiger partial charge on any atom is -0.493 e. The van der Waals surface area contributed by atoms with Crippen molar-refractivity contribution in [3.63, 3.8) is 0 Å². The summed E-state index contributed by atoms with van der Waals surface area (Å²) in [6.07, 6.45) is 5.31. The molecule has 0 aromatic heterocycles. The highest BCUT2D eigenvalue weighted by atomic mass is 16.5. The van der Waals surface area contributed by atoms with Crippen molar-refractivity contribution in [2.75, 3.05) is 20.3 Å². The number of hydrogen-bond acceptors (Lipinski definition) is 4. The quantitative estimate of drug-likeness (QED) is 0.723. The molecule has 23 heavy (non-hydrogen) atoms. The van der Waals surface area contributed by atoms with Crippen LogP contribution in [0, 0.1) is 0 Å². The van der Waals surface area contributed by atoms with Gasteiger partial charge in [-0.05, 0) is 43.5 Å². The maximum Gasteiger partial charge on any atom is 0.237 e. The van der Waals surface area contributed by atoms with Crippen molar-refractivity contribution in [2.45, 2.75) is 51.6 Å². The first-order valence-electron chi connectivity index (χ1n) is 8.55. The first-order valence-corrected chi connectivity index (χ1v) is 8.55. The van der Waals surface area contributed by atoms with Gasteiger partial charge < -0.3 is 20.1 Å². The van der Waals surface area contributed by atoms with Crippen LogP contribution < -0.4 is 20.1 Å². The van der Waals surface area contributed by atoms with E-state index in [4.69, 9.17) is 9.47 Å². The first kappa shape index (κ1) is 17.6. The summed E-state index contributed by atoms with van der Waals surface area (Å²) in [5.74, 6) is 1.54. The molecular weight excluding hydrogens is 292 g/mol.